The summed E-state index contributed by atoms with van der Waals surface area (Å²) in [6, 6.07) is 7.76. The topological polar surface area (TPSA) is 56.7 Å². The Bertz CT molecular complexity index is 684. The van der Waals surface area contributed by atoms with Crippen molar-refractivity contribution in [3.63, 3.8) is 0 Å². The maximum absolute atomic E-state index is 5.95. The van der Waals surface area contributed by atoms with Crippen molar-refractivity contribution in [2.75, 3.05) is 5.73 Å². The minimum absolute atomic E-state index is 0.750. The third-order valence-electron chi connectivity index (χ3n) is 2.69. The predicted octanol–water partition coefficient (Wildman–Crippen LogP) is 2.79. The summed E-state index contributed by atoms with van der Waals surface area (Å²) in [5.74, 6) is 0. The van der Waals surface area contributed by atoms with Crippen molar-refractivity contribution in [3.05, 3.63) is 42.0 Å². The lowest BCUT2D eigenvalue weighted by Gasteiger charge is -2.00. The van der Waals surface area contributed by atoms with Crippen LogP contribution in [0.3, 0.4) is 0 Å². The van der Waals surface area contributed by atoms with E-state index in [0.717, 1.165) is 27.5 Å². The highest BCUT2D eigenvalue weighted by molar-refractivity contribution is 7.13. The van der Waals surface area contributed by atoms with Crippen molar-refractivity contribution in [1.29, 1.82) is 0 Å². The van der Waals surface area contributed by atoms with Gasteiger partial charge < -0.3 is 5.73 Å². The summed E-state index contributed by atoms with van der Waals surface area (Å²) in [6.07, 6.45) is 3.77. The molecular weight excluding hydrogens is 244 g/mol. The Balaban J connectivity index is 2.02. The summed E-state index contributed by atoms with van der Waals surface area (Å²) in [4.78, 5) is 4.61. The number of benzene rings is 1. The van der Waals surface area contributed by atoms with Gasteiger partial charge in [0.15, 0.2) is 0 Å². The number of aryl methyl sites for hydroxylation is 1. The standard InChI is InChI=1S/C13H12N4S/c1-17-7-9(6-15-17)13-16-12(8-18-13)10-4-2-3-5-11(10)14/h2-8H,14H2,1H3. The molecule has 2 N–H and O–H groups in total. The van der Waals surface area contributed by atoms with E-state index in [1.54, 1.807) is 16.0 Å². The van der Waals surface area contributed by atoms with E-state index in [1.165, 1.54) is 0 Å². The van der Waals surface area contributed by atoms with E-state index in [-0.39, 0.29) is 0 Å². The number of thiazole rings is 1. The average molecular weight is 256 g/mol. The Morgan fingerprint density at radius 2 is 2.11 bits per heavy atom. The van der Waals surface area contributed by atoms with Crippen LogP contribution < -0.4 is 5.73 Å². The molecule has 5 heteroatoms. The van der Waals surface area contributed by atoms with Crippen LogP contribution in [0.25, 0.3) is 21.8 Å². The lowest BCUT2D eigenvalue weighted by molar-refractivity contribution is 0.768. The van der Waals surface area contributed by atoms with E-state index >= 15 is 0 Å². The highest BCUT2D eigenvalue weighted by atomic mass is 32.1. The first-order chi connectivity index (χ1) is 8.74. The van der Waals surface area contributed by atoms with Gasteiger partial charge >= 0.3 is 0 Å². The molecule has 3 aromatic rings. The van der Waals surface area contributed by atoms with Gasteiger partial charge in [-0.15, -0.1) is 11.3 Å². The molecule has 0 fully saturated rings. The Kier molecular flexibility index (Phi) is 2.60. The first kappa shape index (κ1) is 11.0. The average Bonchev–Trinajstić information content (AvgIpc) is 2.98. The third-order valence-corrected chi connectivity index (χ3v) is 3.58. The summed E-state index contributed by atoms with van der Waals surface area (Å²) >= 11 is 1.60. The van der Waals surface area contributed by atoms with Crippen LogP contribution in [-0.2, 0) is 7.05 Å². The quantitative estimate of drug-likeness (QED) is 0.717. The second-order valence-electron chi connectivity index (χ2n) is 4.03. The number of para-hydroxylation sites is 1. The monoisotopic (exact) mass is 256 g/mol. The SMILES string of the molecule is Cn1cc(-c2nc(-c3ccccc3N)cs2)cn1. The van der Waals surface area contributed by atoms with Gasteiger partial charge in [-0.1, -0.05) is 18.2 Å². The van der Waals surface area contributed by atoms with Gasteiger partial charge in [-0.05, 0) is 6.07 Å². The van der Waals surface area contributed by atoms with Gasteiger partial charge in [0.25, 0.3) is 0 Å². The van der Waals surface area contributed by atoms with E-state index in [0.29, 0.717) is 0 Å². The molecule has 0 spiro atoms. The second kappa shape index (κ2) is 4.27. The molecule has 3 rings (SSSR count). The van der Waals surface area contributed by atoms with Crippen LogP contribution in [0.4, 0.5) is 5.69 Å². The molecule has 0 saturated heterocycles. The van der Waals surface area contributed by atoms with Crippen LogP contribution >= 0.6 is 11.3 Å². The lowest BCUT2D eigenvalue weighted by atomic mass is 10.1. The fraction of sp³-hybridized carbons (Fsp3) is 0.0769. The molecular formula is C13H12N4S. The molecule has 0 atom stereocenters. The molecule has 18 heavy (non-hydrogen) atoms. The third kappa shape index (κ3) is 1.89. The van der Waals surface area contributed by atoms with E-state index in [4.69, 9.17) is 5.73 Å². The van der Waals surface area contributed by atoms with Crippen molar-refractivity contribution in [3.8, 4) is 21.8 Å². The maximum atomic E-state index is 5.95. The summed E-state index contributed by atoms with van der Waals surface area (Å²) < 4.78 is 1.77. The molecule has 0 bridgehead atoms. The van der Waals surface area contributed by atoms with Crippen LogP contribution in [0.5, 0.6) is 0 Å². The molecule has 0 radical (unpaired) electrons. The smallest absolute Gasteiger partial charge is 0.127 e. The van der Waals surface area contributed by atoms with Gasteiger partial charge in [0.2, 0.25) is 0 Å². The molecule has 0 saturated carbocycles. The Morgan fingerprint density at radius 3 is 2.83 bits per heavy atom. The molecule has 0 amide bonds. The largest absolute Gasteiger partial charge is 0.398 e. The minimum Gasteiger partial charge on any atom is -0.398 e. The highest BCUT2D eigenvalue weighted by Crippen LogP contribution is 2.31. The van der Waals surface area contributed by atoms with Gasteiger partial charge in [0.05, 0.1) is 11.9 Å². The molecule has 2 heterocycles. The number of nitrogens with two attached hydrogens (primary N) is 1. The van der Waals surface area contributed by atoms with Crippen LogP contribution in [0.15, 0.2) is 42.0 Å². The molecule has 0 aliphatic heterocycles. The molecule has 1 aromatic carbocycles. The minimum atomic E-state index is 0.750. The van der Waals surface area contributed by atoms with Crippen molar-refractivity contribution in [2.45, 2.75) is 0 Å². The number of aromatic nitrogens is 3. The fourth-order valence-electron chi connectivity index (χ4n) is 1.79. The van der Waals surface area contributed by atoms with Gasteiger partial charge in [-0.3, -0.25) is 4.68 Å². The maximum Gasteiger partial charge on any atom is 0.127 e. The lowest BCUT2D eigenvalue weighted by Crippen LogP contribution is -1.89. The fourth-order valence-corrected chi connectivity index (χ4v) is 2.59. The first-order valence-corrected chi connectivity index (χ1v) is 6.41. The number of rotatable bonds is 2. The Morgan fingerprint density at radius 1 is 1.28 bits per heavy atom. The molecule has 2 aromatic heterocycles. The van der Waals surface area contributed by atoms with Crippen LogP contribution in [0.2, 0.25) is 0 Å². The molecule has 90 valence electrons. The van der Waals surface area contributed by atoms with Crippen molar-refractivity contribution in [1.82, 2.24) is 14.8 Å². The van der Waals surface area contributed by atoms with Gasteiger partial charge in [-0.2, -0.15) is 5.10 Å². The number of nitrogens with zero attached hydrogens (tertiary/aromatic N) is 3. The van der Waals surface area contributed by atoms with Crippen molar-refractivity contribution >= 4 is 17.0 Å². The van der Waals surface area contributed by atoms with Crippen LogP contribution in [-0.4, -0.2) is 14.8 Å². The predicted molar refractivity (Wildman–Crippen MR) is 74.2 cm³/mol. The van der Waals surface area contributed by atoms with Crippen molar-refractivity contribution < 1.29 is 0 Å². The summed E-state index contributed by atoms with van der Waals surface area (Å²) in [7, 11) is 1.90. The normalized spacial score (nSPS) is 10.7. The molecule has 0 aliphatic carbocycles. The highest BCUT2D eigenvalue weighted by Gasteiger charge is 2.09. The Hall–Kier alpha value is -2.14. The number of anilines is 1. The molecule has 4 nitrogen and oxygen atoms in total. The molecule has 0 aliphatic rings. The Labute approximate surface area is 109 Å². The molecule has 0 unspecified atom stereocenters. The number of nitrogen functional groups attached to an aromatic ring is 1. The summed E-state index contributed by atoms with van der Waals surface area (Å²) in [5, 5.41) is 7.13. The zero-order chi connectivity index (χ0) is 12.5. The summed E-state index contributed by atoms with van der Waals surface area (Å²) in [5.41, 5.74) is 9.62. The first-order valence-electron chi connectivity index (χ1n) is 5.53. The van der Waals surface area contributed by atoms with E-state index < -0.39 is 0 Å². The van der Waals surface area contributed by atoms with E-state index in [2.05, 4.69) is 10.1 Å². The zero-order valence-electron chi connectivity index (χ0n) is 9.87. The van der Waals surface area contributed by atoms with E-state index in [1.807, 2.05) is 49.1 Å². The van der Waals surface area contributed by atoms with Gasteiger partial charge in [-0.25, -0.2) is 4.98 Å². The number of hydrogen-bond donors (Lipinski definition) is 1. The zero-order valence-corrected chi connectivity index (χ0v) is 10.7. The summed E-state index contributed by atoms with van der Waals surface area (Å²) in [6.45, 7) is 0. The van der Waals surface area contributed by atoms with Crippen LogP contribution in [0.1, 0.15) is 0 Å². The van der Waals surface area contributed by atoms with Crippen molar-refractivity contribution in [2.24, 2.45) is 7.05 Å². The van der Waals surface area contributed by atoms with Crippen LogP contribution in [0, 0.1) is 0 Å². The second-order valence-corrected chi connectivity index (χ2v) is 4.89. The van der Waals surface area contributed by atoms with Gasteiger partial charge in [0.1, 0.15) is 5.01 Å². The van der Waals surface area contributed by atoms with E-state index in [9.17, 15) is 0 Å². The van der Waals surface area contributed by atoms with Gasteiger partial charge in [0, 0.05) is 35.4 Å². The number of hydrogen-bond acceptors (Lipinski definition) is 4.